The zero-order valence-electron chi connectivity index (χ0n) is 11.1. The Bertz CT molecular complexity index is 420. The Balaban J connectivity index is 2.24. The van der Waals surface area contributed by atoms with Crippen LogP contribution in [0.4, 0.5) is 0 Å². The van der Waals surface area contributed by atoms with Gasteiger partial charge in [-0.25, -0.2) is 0 Å². The van der Waals surface area contributed by atoms with Gasteiger partial charge in [-0.1, -0.05) is 11.6 Å². The van der Waals surface area contributed by atoms with Crippen molar-refractivity contribution in [2.45, 2.75) is 26.7 Å². The molecule has 0 aromatic heterocycles. The van der Waals surface area contributed by atoms with E-state index in [1.54, 1.807) is 0 Å². The second kappa shape index (κ2) is 6.01. The summed E-state index contributed by atoms with van der Waals surface area (Å²) >= 11 is 0. The molecule has 1 fully saturated rings. The highest BCUT2D eigenvalue weighted by molar-refractivity contribution is 6.00. The lowest BCUT2D eigenvalue weighted by Crippen LogP contribution is -2.24. The standard InChI is InChI=1S/C15H20O3/c1-3-18-14-5-4-11(2)10-13(14)15(16)12-6-8-17-9-7-12/h4-5,10,12H,3,6-9H2,1-2H3. The largest absolute Gasteiger partial charge is 0.493 e. The van der Waals surface area contributed by atoms with E-state index in [-0.39, 0.29) is 11.7 Å². The molecular formula is C15H20O3. The maximum atomic E-state index is 12.5. The molecule has 3 nitrogen and oxygen atoms in total. The molecule has 0 atom stereocenters. The van der Waals surface area contributed by atoms with Gasteiger partial charge in [0.1, 0.15) is 5.75 Å². The third kappa shape index (κ3) is 2.91. The van der Waals surface area contributed by atoms with Crippen LogP contribution in [0.3, 0.4) is 0 Å². The van der Waals surface area contributed by atoms with Gasteiger partial charge in [-0.05, 0) is 38.8 Å². The summed E-state index contributed by atoms with van der Waals surface area (Å²) in [6.07, 6.45) is 1.64. The van der Waals surface area contributed by atoms with Crippen LogP contribution < -0.4 is 4.74 Å². The molecule has 1 aromatic carbocycles. The Morgan fingerprint density at radius 3 is 2.78 bits per heavy atom. The van der Waals surface area contributed by atoms with Crippen molar-refractivity contribution in [1.29, 1.82) is 0 Å². The molecule has 1 heterocycles. The Morgan fingerprint density at radius 2 is 2.11 bits per heavy atom. The van der Waals surface area contributed by atoms with E-state index in [9.17, 15) is 4.79 Å². The second-order valence-corrected chi connectivity index (χ2v) is 4.68. The topological polar surface area (TPSA) is 35.5 Å². The van der Waals surface area contributed by atoms with Crippen molar-refractivity contribution >= 4 is 5.78 Å². The maximum Gasteiger partial charge on any atom is 0.169 e. The Labute approximate surface area is 108 Å². The van der Waals surface area contributed by atoms with Gasteiger partial charge in [-0.3, -0.25) is 4.79 Å². The van der Waals surface area contributed by atoms with Gasteiger partial charge in [-0.15, -0.1) is 0 Å². The lowest BCUT2D eigenvalue weighted by Gasteiger charge is -2.22. The number of carbonyl (C=O) groups excluding carboxylic acids is 1. The highest BCUT2D eigenvalue weighted by atomic mass is 16.5. The van der Waals surface area contributed by atoms with Crippen molar-refractivity contribution in [3.05, 3.63) is 29.3 Å². The zero-order valence-corrected chi connectivity index (χ0v) is 11.1. The summed E-state index contributed by atoms with van der Waals surface area (Å²) in [6.45, 7) is 5.88. The van der Waals surface area contributed by atoms with Crippen LogP contribution in [-0.4, -0.2) is 25.6 Å². The summed E-state index contributed by atoms with van der Waals surface area (Å²) in [5.41, 5.74) is 1.82. The molecule has 18 heavy (non-hydrogen) atoms. The minimum absolute atomic E-state index is 0.0831. The van der Waals surface area contributed by atoms with Gasteiger partial charge in [0.25, 0.3) is 0 Å². The first-order chi connectivity index (χ1) is 8.72. The summed E-state index contributed by atoms with van der Waals surface area (Å²) in [5.74, 6) is 0.991. The molecule has 3 heteroatoms. The molecule has 0 unspecified atom stereocenters. The van der Waals surface area contributed by atoms with Crippen LogP contribution in [0, 0.1) is 12.8 Å². The molecule has 0 aliphatic carbocycles. The van der Waals surface area contributed by atoms with Crippen LogP contribution in [0.15, 0.2) is 18.2 Å². The molecule has 2 rings (SSSR count). The van der Waals surface area contributed by atoms with Crippen LogP contribution in [-0.2, 0) is 4.74 Å². The number of ether oxygens (including phenoxy) is 2. The first-order valence-electron chi connectivity index (χ1n) is 6.57. The number of hydrogen-bond acceptors (Lipinski definition) is 3. The Morgan fingerprint density at radius 1 is 1.39 bits per heavy atom. The molecule has 1 saturated heterocycles. The van der Waals surface area contributed by atoms with E-state index in [1.165, 1.54) is 0 Å². The average Bonchev–Trinajstić information content (AvgIpc) is 2.41. The van der Waals surface area contributed by atoms with Gasteiger partial charge >= 0.3 is 0 Å². The minimum atomic E-state index is 0.0831. The molecule has 0 radical (unpaired) electrons. The Hall–Kier alpha value is -1.35. The third-order valence-corrected chi connectivity index (χ3v) is 3.29. The predicted octanol–water partition coefficient (Wildman–Crippen LogP) is 3.00. The fraction of sp³-hybridized carbons (Fsp3) is 0.533. The van der Waals surface area contributed by atoms with E-state index in [0.717, 1.165) is 24.0 Å². The van der Waals surface area contributed by atoms with Crippen LogP contribution in [0.2, 0.25) is 0 Å². The van der Waals surface area contributed by atoms with E-state index in [4.69, 9.17) is 9.47 Å². The third-order valence-electron chi connectivity index (χ3n) is 3.29. The van der Waals surface area contributed by atoms with Crippen LogP contribution in [0.25, 0.3) is 0 Å². The van der Waals surface area contributed by atoms with E-state index in [0.29, 0.717) is 25.6 Å². The first kappa shape index (κ1) is 13.1. The molecular weight excluding hydrogens is 228 g/mol. The normalized spacial score (nSPS) is 16.6. The first-order valence-corrected chi connectivity index (χ1v) is 6.57. The van der Waals surface area contributed by atoms with Crippen molar-refractivity contribution in [1.82, 2.24) is 0 Å². The predicted molar refractivity (Wildman–Crippen MR) is 70.2 cm³/mol. The summed E-state index contributed by atoms with van der Waals surface area (Å²) in [7, 11) is 0. The number of ketones is 1. The molecule has 0 N–H and O–H groups in total. The SMILES string of the molecule is CCOc1ccc(C)cc1C(=O)C1CCOCC1. The van der Waals surface area contributed by atoms with E-state index in [2.05, 4.69) is 0 Å². The Kier molecular flexibility index (Phi) is 4.37. The van der Waals surface area contributed by atoms with Crippen LogP contribution >= 0.6 is 0 Å². The van der Waals surface area contributed by atoms with E-state index in [1.807, 2.05) is 32.0 Å². The summed E-state index contributed by atoms with van der Waals surface area (Å²) in [6, 6.07) is 5.81. The number of Topliss-reactive ketones (excluding diaryl/α,β-unsaturated/α-hetero) is 1. The van der Waals surface area contributed by atoms with Crippen LogP contribution in [0.5, 0.6) is 5.75 Å². The summed E-state index contributed by atoms with van der Waals surface area (Å²) in [4.78, 5) is 12.5. The van der Waals surface area contributed by atoms with E-state index >= 15 is 0 Å². The molecule has 0 saturated carbocycles. The van der Waals surface area contributed by atoms with Crippen molar-refractivity contribution < 1.29 is 14.3 Å². The second-order valence-electron chi connectivity index (χ2n) is 4.68. The highest BCUT2D eigenvalue weighted by Crippen LogP contribution is 2.27. The molecule has 0 bridgehead atoms. The van der Waals surface area contributed by atoms with Gasteiger partial charge in [-0.2, -0.15) is 0 Å². The van der Waals surface area contributed by atoms with Gasteiger partial charge in [0.2, 0.25) is 0 Å². The number of benzene rings is 1. The lowest BCUT2D eigenvalue weighted by molar-refractivity contribution is 0.0542. The maximum absolute atomic E-state index is 12.5. The van der Waals surface area contributed by atoms with E-state index < -0.39 is 0 Å². The average molecular weight is 248 g/mol. The molecule has 0 spiro atoms. The smallest absolute Gasteiger partial charge is 0.169 e. The number of hydrogen-bond donors (Lipinski definition) is 0. The van der Waals surface area contributed by atoms with Gasteiger partial charge in [0.05, 0.1) is 12.2 Å². The molecule has 1 aliphatic heterocycles. The van der Waals surface area contributed by atoms with Gasteiger partial charge in [0, 0.05) is 19.1 Å². The molecule has 1 aromatic rings. The number of aryl methyl sites for hydroxylation is 1. The fourth-order valence-corrected chi connectivity index (χ4v) is 2.30. The number of carbonyl (C=O) groups is 1. The van der Waals surface area contributed by atoms with Crippen molar-refractivity contribution in [3.63, 3.8) is 0 Å². The van der Waals surface area contributed by atoms with Gasteiger partial charge < -0.3 is 9.47 Å². The number of rotatable bonds is 4. The van der Waals surface area contributed by atoms with Crippen LogP contribution in [0.1, 0.15) is 35.7 Å². The monoisotopic (exact) mass is 248 g/mol. The summed E-state index contributed by atoms with van der Waals surface area (Å²) < 4.78 is 10.9. The molecule has 98 valence electrons. The molecule has 0 amide bonds. The summed E-state index contributed by atoms with van der Waals surface area (Å²) in [5, 5.41) is 0. The fourth-order valence-electron chi connectivity index (χ4n) is 2.30. The zero-order chi connectivity index (χ0) is 13.0. The minimum Gasteiger partial charge on any atom is -0.493 e. The van der Waals surface area contributed by atoms with Crippen molar-refractivity contribution in [2.24, 2.45) is 5.92 Å². The quantitative estimate of drug-likeness (QED) is 0.768. The van der Waals surface area contributed by atoms with Crippen molar-refractivity contribution in [3.8, 4) is 5.75 Å². The molecule has 1 aliphatic rings. The highest BCUT2D eigenvalue weighted by Gasteiger charge is 2.25. The van der Waals surface area contributed by atoms with Crippen molar-refractivity contribution in [2.75, 3.05) is 19.8 Å². The lowest BCUT2D eigenvalue weighted by atomic mass is 9.90. The van der Waals surface area contributed by atoms with Gasteiger partial charge in [0.15, 0.2) is 5.78 Å².